The second-order valence-electron chi connectivity index (χ2n) is 3.41. The molecule has 0 bridgehead atoms. The minimum Gasteiger partial charge on any atom is -0.393 e. The molecule has 3 nitrogen and oxygen atoms in total. The maximum Gasteiger partial charge on any atom is 0.321 e. The number of rotatable bonds is 1. The first-order valence-electron chi connectivity index (χ1n) is 4.67. The van der Waals surface area contributed by atoms with Crippen LogP contribution in [0.2, 0.25) is 5.02 Å². The predicted octanol–water partition coefficient (Wildman–Crippen LogP) is 2.29. The van der Waals surface area contributed by atoms with Crippen LogP contribution < -0.4 is 0 Å². The van der Waals surface area contributed by atoms with Gasteiger partial charge in [-0.3, -0.25) is 9.59 Å². The molecule has 0 N–H and O–H groups in total. The first-order chi connectivity index (χ1) is 7.18. The van der Waals surface area contributed by atoms with Crippen LogP contribution in [0.1, 0.15) is 24.3 Å². The standard InChI is InChI=1S/C11H9ClO3/c12-9-4-2-1-3-7(9)8-5-6-10(13)15-11(8)14/h1-4,8H,5-6H2. The van der Waals surface area contributed by atoms with Crippen molar-refractivity contribution in [3.63, 3.8) is 0 Å². The molecular formula is C11H9ClO3. The molecule has 1 aliphatic heterocycles. The van der Waals surface area contributed by atoms with Crippen LogP contribution in [0, 0.1) is 0 Å². The number of halogens is 1. The first kappa shape index (κ1) is 10.2. The zero-order valence-corrected chi connectivity index (χ0v) is 8.66. The molecule has 0 aliphatic carbocycles. The Kier molecular flexibility index (Phi) is 2.73. The Morgan fingerprint density at radius 2 is 2.00 bits per heavy atom. The summed E-state index contributed by atoms with van der Waals surface area (Å²) in [7, 11) is 0. The van der Waals surface area contributed by atoms with Gasteiger partial charge in [0, 0.05) is 11.4 Å². The monoisotopic (exact) mass is 224 g/mol. The molecule has 1 atom stereocenters. The van der Waals surface area contributed by atoms with Crippen LogP contribution in [0.4, 0.5) is 0 Å². The summed E-state index contributed by atoms with van der Waals surface area (Å²) in [4.78, 5) is 22.3. The van der Waals surface area contributed by atoms with E-state index in [0.29, 0.717) is 11.4 Å². The molecule has 0 saturated carbocycles. The third-order valence-electron chi connectivity index (χ3n) is 2.42. The predicted molar refractivity (Wildman–Crippen MR) is 54.5 cm³/mol. The number of carbonyl (C=O) groups is 2. The van der Waals surface area contributed by atoms with E-state index in [4.69, 9.17) is 11.6 Å². The summed E-state index contributed by atoms with van der Waals surface area (Å²) in [5.74, 6) is -1.36. The third kappa shape index (κ3) is 2.02. The molecular weight excluding hydrogens is 216 g/mol. The number of carbonyl (C=O) groups excluding carboxylic acids is 2. The fourth-order valence-corrected chi connectivity index (χ4v) is 1.92. The summed E-state index contributed by atoms with van der Waals surface area (Å²) >= 11 is 5.97. The van der Waals surface area contributed by atoms with Crippen molar-refractivity contribution in [1.82, 2.24) is 0 Å². The largest absolute Gasteiger partial charge is 0.393 e. The van der Waals surface area contributed by atoms with Crippen molar-refractivity contribution >= 4 is 23.5 Å². The number of hydrogen-bond donors (Lipinski definition) is 0. The molecule has 1 aliphatic rings. The van der Waals surface area contributed by atoms with E-state index in [0.717, 1.165) is 5.56 Å². The molecule has 1 fully saturated rings. The molecule has 0 spiro atoms. The lowest BCUT2D eigenvalue weighted by Gasteiger charge is -2.20. The Balaban J connectivity index is 2.28. The molecule has 1 saturated heterocycles. The normalized spacial score (nSPS) is 21.3. The Hall–Kier alpha value is -1.35. The summed E-state index contributed by atoms with van der Waals surface area (Å²) in [6, 6.07) is 7.11. The number of ether oxygens (including phenoxy) is 1. The minimum absolute atomic E-state index is 0.266. The van der Waals surface area contributed by atoms with Gasteiger partial charge < -0.3 is 4.74 Å². The number of cyclic esters (lactones) is 2. The molecule has 1 aromatic carbocycles. The van der Waals surface area contributed by atoms with Crippen molar-refractivity contribution < 1.29 is 14.3 Å². The van der Waals surface area contributed by atoms with Gasteiger partial charge in [0.25, 0.3) is 0 Å². The van der Waals surface area contributed by atoms with E-state index >= 15 is 0 Å². The van der Waals surface area contributed by atoms with E-state index in [2.05, 4.69) is 4.74 Å². The maximum absolute atomic E-state index is 11.5. The first-order valence-corrected chi connectivity index (χ1v) is 5.05. The summed E-state index contributed by atoms with van der Waals surface area (Å²) < 4.78 is 4.57. The van der Waals surface area contributed by atoms with Crippen LogP contribution in [0.3, 0.4) is 0 Å². The highest BCUT2D eigenvalue weighted by molar-refractivity contribution is 6.31. The van der Waals surface area contributed by atoms with E-state index in [1.54, 1.807) is 18.2 Å². The number of esters is 2. The average molecular weight is 225 g/mol. The molecule has 1 aromatic rings. The second-order valence-corrected chi connectivity index (χ2v) is 3.81. The van der Waals surface area contributed by atoms with Gasteiger partial charge in [0.2, 0.25) is 0 Å². The molecule has 1 heterocycles. The van der Waals surface area contributed by atoms with Gasteiger partial charge in [-0.25, -0.2) is 0 Å². The van der Waals surface area contributed by atoms with Crippen LogP contribution in [0.5, 0.6) is 0 Å². The van der Waals surface area contributed by atoms with Crippen molar-refractivity contribution in [2.24, 2.45) is 0 Å². The van der Waals surface area contributed by atoms with E-state index in [1.165, 1.54) is 0 Å². The fraction of sp³-hybridized carbons (Fsp3) is 0.273. The minimum atomic E-state index is -0.501. The van der Waals surface area contributed by atoms with Crippen molar-refractivity contribution in [3.05, 3.63) is 34.9 Å². The van der Waals surface area contributed by atoms with Gasteiger partial charge in [0.1, 0.15) is 0 Å². The fourth-order valence-electron chi connectivity index (χ4n) is 1.65. The Morgan fingerprint density at radius 3 is 2.67 bits per heavy atom. The van der Waals surface area contributed by atoms with Crippen molar-refractivity contribution in [2.75, 3.05) is 0 Å². The quantitative estimate of drug-likeness (QED) is 0.543. The molecule has 78 valence electrons. The number of hydrogen-bond acceptors (Lipinski definition) is 3. The Bertz CT molecular complexity index is 414. The molecule has 15 heavy (non-hydrogen) atoms. The smallest absolute Gasteiger partial charge is 0.321 e. The summed E-state index contributed by atoms with van der Waals surface area (Å²) in [5, 5.41) is 0.536. The van der Waals surface area contributed by atoms with Crippen LogP contribution in [-0.2, 0) is 14.3 Å². The van der Waals surface area contributed by atoms with Gasteiger partial charge in [-0.05, 0) is 18.1 Å². The Morgan fingerprint density at radius 1 is 1.27 bits per heavy atom. The summed E-state index contributed by atoms with van der Waals surface area (Å²) in [6.45, 7) is 0. The van der Waals surface area contributed by atoms with Crippen molar-refractivity contribution in [3.8, 4) is 0 Å². The molecule has 2 rings (SSSR count). The average Bonchev–Trinajstić information content (AvgIpc) is 2.20. The lowest BCUT2D eigenvalue weighted by Crippen LogP contribution is -2.26. The lowest BCUT2D eigenvalue weighted by atomic mass is 9.93. The van der Waals surface area contributed by atoms with Gasteiger partial charge in [0.05, 0.1) is 5.92 Å². The highest BCUT2D eigenvalue weighted by Gasteiger charge is 2.31. The van der Waals surface area contributed by atoms with Crippen molar-refractivity contribution in [1.29, 1.82) is 0 Å². The van der Waals surface area contributed by atoms with Crippen LogP contribution in [-0.4, -0.2) is 11.9 Å². The molecule has 4 heteroatoms. The van der Waals surface area contributed by atoms with E-state index in [9.17, 15) is 9.59 Å². The molecule has 1 unspecified atom stereocenters. The SMILES string of the molecule is O=C1CCC(c2ccccc2Cl)C(=O)O1. The van der Waals surface area contributed by atoms with E-state index in [-0.39, 0.29) is 6.42 Å². The maximum atomic E-state index is 11.5. The molecule has 0 amide bonds. The lowest BCUT2D eigenvalue weighted by molar-refractivity contribution is -0.164. The zero-order chi connectivity index (χ0) is 10.8. The Labute approximate surface area is 92.0 Å². The van der Waals surface area contributed by atoms with Crippen LogP contribution in [0.15, 0.2) is 24.3 Å². The van der Waals surface area contributed by atoms with Crippen molar-refractivity contribution in [2.45, 2.75) is 18.8 Å². The topological polar surface area (TPSA) is 43.4 Å². The highest BCUT2D eigenvalue weighted by Crippen LogP contribution is 2.31. The summed E-state index contributed by atoms with van der Waals surface area (Å²) in [5.41, 5.74) is 0.733. The van der Waals surface area contributed by atoms with Gasteiger partial charge >= 0.3 is 11.9 Å². The highest BCUT2D eigenvalue weighted by atomic mass is 35.5. The number of benzene rings is 1. The van der Waals surface area contributed by atoms with E-state index < -0.39 is 17.9 Å². The summed E-state index contributed by atoms with van der Waals surface area (Å²) in [6.07, 6.45) is 0.739. The van der Waals surface area contributed by atoms with Gasteiger partial charge in [0.15, 0.2) is 0 Å². The van der Waals surface area contributed by atoms with Crippen LogP contribution in [0.25, 0.3) is 0 Å². The zero-order valence-electron chi connectivity index (χ0n) is 7.90. The molecule has 0 aromatic heterocycles. The van der Waals surface area contributed by atoms with Crippen LogP contribution >= 0.6 is 11.6 Å². The molecule has 0 radical (unpaired) electrons. The second kappa shape index (κ2) is 4.03. The van der Waals surface area contributed by atoms with Gasteiger partial charge in [-0.1, -0.05) is 29.8 Å². The van der Waals surface area contributed by atoms with Gasteiger partial charge in [-0.15, -0.1) is 0 Å². The van der Waals surface area contributed by atoms with E-state index in [1.807, 2.05) is 6.07 Å². The van der Waals surface area contributed by atoms with Gasteiger partial charge in [-0.2, -0.15) is 0 Å². The third-order valence-corrected chi connectivity index (χ3v) is 2.76.